The number of ether oxygens (including phenoxy) is 1. The molecule has 1 atom stereocenters. The lowest BCUT2D eigenvalue weighted by atomic mass is 10.0. The van der Waals surface area contributed by atoms with Crippen LogP contribution in [0.25, 0.3) is 0 Å². The van der Waals surface area contributed by atoms with Gasteiger partial charge in [-0.3, -0.25) is 4.79 Å². The zero-order chi connectivity index (χ0) is 21.7. The highest BCUT2D eigenvalue weighted by molar-refractivity contribution is 5.87. The van der Waals surface area contributed by atoms with Gasteiger partial charge in [0.2, 0.25) is 5.91 Å². The second-order valence-corrected chi connectivity index (χ2v) is 8.82. The number of amides is 1. The standard InChI is InChI=1S/C26H47NO3/c1-2-3-4-5-6-7-8-9-10-11-12-13-14-15-16-17-18-19-20-23-30-26(29)24-21-22-25(28)27-24/h18-19,24H,2-17,20-23H2,1H3,(H,27,28)/b19-18+/t24-/m0/s1. The maximum atomic E-state index is 11.7. The van der Waals surface area contributed by atoms with Crippen LogP contribution in [0, 0.1) is 0 Å². The number of allylic oxidation sites excluding steroid dienone is 1. The lowest BCUT2D eigenvalue weighted by Crippen LogP contribution is -2.34. The predicted molar refractivity (Wildman–Crippen MR) is 125 cm³/mol. The molecule has 1 fully saturated rings. The number of carbonyl (C=O) groups excluding carboxylic acids is 2. The van der Waals surface area contributed by atoms with Crippen LogP contribution >= 0.6 is 0 Å². The van der Waals surface area contributed by atoms with Crippen molar-refractivity contribution in [3.8, 4) is 0 Å². The molecule has 0 bridgehead atoms. The van der Waals surface area contributed by atoms with Gasteiger partial charge in [-0.1, -0.05) is 109 Å². The number of carbonyl (C=O) groups is 2. The van der Waals surface area contributed by atoms with E-state index in [1.807, 2.05) is 0 Å². The molecule has 1 rings (SSSR count). The summed E-state index contributed by atoms with van der Waals surface area (Å²) >= 11 is 0. The summed E-state index contributed by atoms with van der Waals surface area (Å²) in [5.74, 6) is -0.350. The fraction of sp³-hybridized carbons (Fsp3) is 0.846. The summed E-state index contributed by atoms with van der Waals surface area (Å²) < 4.78 is 5.20. The minimum Gasteiger partial charge on any atom is -0.464 e. The molecule has 0 aromatic rings. The van der Waals surface area contributed by atoms with Crippen LogP contribution in [0.4, 0.5) is 0 Å². The minimum absolute atomic E-state index is 0.0552. The maximum Gasteiger partial charge on any atom is 0.328 e. The van der Waals surface area contributed by atoms with Gasteiger partial charge < -0.3 is 10.1 Å². The third kappa shape index (κ3) is 15.5. The van der Waals surface area contributed by atoms with E-state index in [1.54, 1.807) is 0 Å². The van der Waals surface area contributed by atoms with Crippen molar-refractivity contribution in [3.05, 3.63) is 12.2 Å². The molecule has 1 aliphatic rings. The molecule has 4 heteroatoms. The average Bonchev–Trinajstić information content (AvgIpc) is 3.18. The van der Waals surface area contributed by atoms with Gasteiger partial charge >= 0.3 is 5.97 Å². The Hall–Kier alpha value is -1.32. The minimum atomic E-state index is -0.429. The van der Waals surface area contributed by atoms with Gasteiger partial charge in [-0.15, -0.1) is 0 Å². The van der Waals surface area contributed by atoms with Crippen molar-refractivity contribution < 1.29 is 14.3 Å². The topological polar surface area (TPSA) is 55.4 Å². The first-order valence-electron chi connectivity index (χ1n) is 12.8. The van der Waals surface area contributed by atoms with Crippen molar-refractivity contribution in [3.63, 3.8) is 0 Å². The van der Waals surface area contributed by atoms with Crippen molar-refractivity contribution in [1.29, 1.82) is 0 Å². The third-order valence-corrected chi connectivity index (χ3v) is 5.95. The maximum absolute atomic E-state index is 11.7. The molecule has 1 heterocycles. The second kappa shape index (κ2) is 19.6. The smallest absolute Gasteiger partial charge is 0.328 e. The molecule has 0 aromatic heterocycles. The molecule has 30 heavy (non-hydrogen) atoms. The molecular weight excluding hydrogens is 374 g/mol. The quantitative estimate of drug-likeness (QED) is 0.131. The van der Waals surface area contributed by atoms with Crippen LogP contribution in [0.5, 0.6) is 0 Å². The van der Waals surface area contributed by atoms with Crippen molar-refractivity contribution in [2.45, 2.75) is 135 Å². The summed E-state index contributed by atoms with van der Waals surface area (Å²) in [6.07, 6.45) is 28.1. The number of hydrogen-bond acceptors (Lipinski definition) is 3. The van der Waals surface area contributed by atoms with Gasteiger partial charge in [0.25, 0.3) is 0 Å². The number of hydrogen-bond donors (Lipinski definition) is 1. The summed E-state index contributed by atoms with van der Waals surface area (Å²) in [6, 6.07) is -0.429. The molecule has 0 saturated carbocycles. The molecule has 0 aromatic carbocycles. The number of rotatable bonds is 20. The molecule has 4 nitrogen and oxygen atoms in total. The zero-order valence-electron chi connectivity index (χ0n) is 19.6. The number of esters is 1. The molecular formula is C26H47NO3. The Morgan fingerprint density at radius 2 is 1.33 bits per heavy atom. The first-order chi connectivity index (χ1) is 14.7. The molecule has 1 amide bonds. The first kappa shape index (κ1) is 26.7. The van der Waals surface area contributed by atoms with Gasteiger partial charge in [0.05, 0.1) is 6.61 Å². The Morgan fingerprint density at radius 1 is 0.833 bits per heavy atom. The highest BCUT2D eigenvalue weighted by Crippen LogP contribution is 2.14. The third-order valence-electron chi connectivity index (χ3n) is 5.95. The zero-order valence-corrected chi connectivity index (χ0v) is 19.6. The summed E-state index contributed by atoms with van der Waals surface area (Å²) in [6.45, 7) is 2.68. The van der Waals surface area contributed by atoms with E-state index in [9.17, 15) is 9.59 Å². The Morgan fingerprint density at radius 3 is 1.83 bits per heavy atom. The lowest BCUT2D eigenvalue weighted by molar-refractivity contribution is -0.146. The van der Waals surface area contributed by atoms with Crippen LogP contribution in [-0.2, 0) is 14.3 Å². The molecule has 1 saturated heterocycles. The summed E-state index contributed by atoms with van der Waals surface area (Å²) in [7, 11) is 0. The Kier molecular flexibility index (Phi) is 17.5. The summed E-state index contributed by atoms with van der Waals surface area (Å²) in [4.78, 5) is 22.8. The predicted octanol–water partition coefficient (Wildman–Crippen LogP) is 7.02. The van der Waals surface area contributed by atoms with Crippen molar-refractivity contribution in [2.24, 2.45) is 0 Å². The Labute approximate surface area is 185 Å². The monoisotopic (exact) mass is 421 g/mol. The van der Waals surface area contributed by atoms with Crippen molar-refractivity contribution >= 4 is 11.9 Å². The van der Waals surface area contributed by atoms with Gasteiger partial charge in [-0.2, -0.15) is 0 Å². The van der Waals surface area contributed by atoms with Crippen LogP contribution in [0.15, 0.2) is 12.2 Å². The molecule has 1 N–H and O–H groups in total. The molecule has 0 radical (unpaired) electrons. The largest absolute Gasteiger partial charge is 0.464 e. The fourth-order valence-electron chi connectivity index (χ4n) is 3.99. The summed E-state index contributed by atoms with van der Waals surface area (Å²) in [5.41, 5.74) is 0. The highest BCUT2D eigenvalue weighted by Gasteiger charge is 2.28. The van der Waals surface area contributed by atoms with E-state index in [2.05, 4.69) is 24.4 Å². The van der Waals surface area contributed by atoms with E-state index in [-0.39, 0.29) is 11.9 Å². The van der Waals surface area contributed by atoms with Gasteiger partial charge in [-0.05, 0) is 25.7 Å². The van der Waals surface area contributed by atoms with Crippen molar-refractivity contribution in [2.75, 3.05) is 6.61 Å². The van der Waals surface area contributed by atoms with Crippen LogP contribution in [0.2, 0.25) is 0 Å². The van der Waals surface area contributed by atoms with E-state index in [4.69, 9.17) is 4.74 Å². The SMILES string of the molecule is CCCCCCCCCCCCCCCCC/C=C/CCOC(=O)[C@@H]1CCC(=O)N1. The van der Waals surface area contributed by atoms with Gasteiger partial charge in [0.1, 0.15) is 6.04 Å². The van der Waals surface area contributed by atoms with Crippen LogP contribution in [0.1, 0.15) is 129 Å². The highest BCUT2D eigenvalue weighted by atomic mass is 16.5. The van der Waals surface area contributed by atoms with Crippen LogP contribution < -0.4 is 5.32 Å². The van der Waals surface area contributed by atoms with Gasteiger partial charge in [-0.25, -0.2) is 4.79 Å². The molecule has 0 unspecified atom stereocenters. The van der Waals surface area contributed by atoms with E-state index in [0.717, 1.165) is 12.8 Å². The van der Waals surface area contributed by atoms with E-state index >= 15 is 0 Å². The number of nitrogens with one attached hydrogen (secondary N) is 1. The van der Waals surface area contributed by atoms with Crippen molar-refractivity contribution in [1.82, 2.24) is 5.32 Å². The molecule has 1 aliphatic heterocycles. The molecule has 174 valence electrons. The Balaban J connectivity index is 1.74. The summed E-state index contributed by atoms with van der Waals surface area (Å²) in [5, 5.41) is 2.63. The fourth-order valence-corrected chi connectivity index (χ4v) is 3.99. The van der Waals surface area contributed by atoms with E-state index < -0.39 is 6.04 Å². The Bertz CT molecular complexity index is 461. The first-order valence-corrected chi connectivity index (χ1v) is 12.8. The van der Waals surface area contributed by atoms with Crippen LogP contribution in [0.3, 0.4) is 0 Å². The van der Waals surface area contributed by atoms with E-state index in [0.29, 0.717) is 19.4 Å². The molecule has 0 aliphatic carbocycles. The number of unbranched alkanes of at least 4 members (excludes halogenated alkanes) is 15. The van der Waals surface area contributed by atoms with Gasteiger partial charge in [0, 0.05) is 6.42 Å². The van der Waals surface area contributed by atoms with Gasteiger partial charge in [0.15, 0.2) is 0 Å². The van der Waals surface area contributed by atoms with E-state index in [1.165, 1.54) is 96.3 Å². The normalized spacial score (nSPS) is 16.3. The van der Waals surface area contributed by atoms with Crippen LogP contribution in [-0.4, -0.2) is 24.5 Å². The lowest BCUT2D eigenvalue weighted by Gasteiger charge is -2.08. The molecule has 0 spiro atoms. The second-order valence-electron chi connectivity index (χ2n) is 8.82. The average molecular weight is 422 g/mol.